The Morgan fingerprint density at radius 2 is 1.94 bits per heavy atom. The van der Waals surface area contributed by atoms with Crippen LogP contribution in [0.15, 0.2) is 24.3 Å². The number of nitrogens with zero attached hydrogens (tertiary/aromatic N) is 2. The van der Waals surface area contributed by atoms with E-state index in [1.165, 1.54) is 29.2 Å². The first kappa shape index (κ1) is 11.9. The number of anilines is 1. The fourth-order valence-electron chi connectivity index (χ4n) is 1.25. The van der Waals surface area contributed by atoms with Crippen molar-refractivity contribution in [2.75, 3.05) is 18.0 Å². The van der Waals surface area contributed by atoms with Crippen molar-refractivity contribution in [1.82, 2.24) is 0 Å². The number of primary amides is 1. The number of nitrogens with two attached hydrogens (primary N) is 2. The van der Waals surface area contributed by atoms with Gasteiger partial charge in [-0.2, -0.15) is 0 Å². The zero-order chi connectivity index (χ0) is 12.1. The number of benzene rings is 1. The Kier molecular flexibility index (Phi) is 3.78. The van der Waals surface area contributed by atoms with Gasteiger partial charge in [0.2, 0.25) is 0 Å². The third kappa shape index (κ3) is 2.67. The third-order valence-electron chi connectivity index (χ3n) is 1.99. The SMILES string of the molecule is NCCN(C(N)=O)c1ccc([N+](=O)[O-])cc1. The summed E-state index contributed by atoms with van der Waals surface area (Å²) in [5, 5.41) is 10.4. The lowest BCUT2D eigenvalue weighted by Gasteiger charge is -2.19. The molecule has 7 nitrogen and oxygen atoms in total. The first-order chi connectivity index (χ1) is 7.56. The van der Waals surface area contributed by atoms with E-state index in [1.807, 2.05) is 0 Å². The lowest BCUT2D eigenvalue weighted by atomic mass is 10.2. The van der Waals surface area contributed by atoms with Gasteiger partial charge >= 0.3 is 6.03 Å². The van der Waals surface area contributed by atoms with Crippen LogP contribution in [0.3, 0.4) is 0 Å². The maximum Gasteiger partial charge on any atom is 0.319 e. The first-order valence-electron chi connectivity index (χ1n) is 4.57. The largest absolute Gasteiger partial charge is 0.351 e. The second-order valence-corrected chi connectivity index (χ2v) is 3.05. The highest BCUT2D eigenvalue weighted by Crippen LogP contribution is 2.18. The molecular weight excluding hydrogens is 212 g/mol. The third-order valence-corrected chi connectivity index (χ3v) is 1.99. The highest BCUT2D eigenvalue weighted by atomic mass is 16.6. The van der Waals surface area contributed by atoms with Crippen molar-refractivity contribution >= 4 is 17.4 Å². The van der Waals surface area contributed by atoms with E-state index in [0.717, 1.165) is 0 Å². The average molecular weight is 224 g/mol. The molecule has 4 N–H and O–H groups in total. The van der Waals surface area contributed by atoms with E-state index in [0.29, 0.717) is 5.69 Å². The predicted octanol–water partition coefficient (Wildman–Crippen LogP) is 0.439. The summed E-state index contributed by atoms with van der Waals surface area (Å²) < 4.78 is 0. The number of carbonyl (C=O) groups is 1. The number of non-ortho nitro benzene ring substituents is 1. The number of rotatable bonds is 4. The van der Waals surface area contributed by atoms with Crippen LogP contribution in [0.4, 0.5) is 16.2 Å². The number of carbonyl (C=O) groups excluding carboxylic acids is 1. The molecule has 0 fully saturated rings. The zero-order valence-electron chi connectivity index (χ0n) is 8.50. The number of urea groups is 1. The monoisotopic (exact) mass is 224 g/mol. The summed E-state index contributed by atoms with van der Waals surface area (Å²) in [5.41, 5.74) is 10.9. The zero-order valence-corrected chi connectivity index (χ0v) is 8.50. The maximum absolute atomic E-state index is 11.1. The van der Waals surface area contributed by atoms with Crippen LogP contribution in [0.1, 0.15) is 0 Å². The predicted molar refractivity (Wildman–Crippen MR) is 59.1 cm³/mol. The van der Waals surface area contributed by atoms with Gasteiger partial charge in [-0.3, -0.25) is 15.0 Å². The van der Waals surface area contributed by atoms with E-state index in [2.05, 4.69) is 0 Å². The molecule has 0 aromatic heterocycles. The molecule has 0 aliphatic carbocycles. The number of hydrogen-bond donors (Lipinski definition) is 2. The van der Waals surface area contributed by atoms with Gasteiger partial charge in [-0.05, 0) is 12.1 Å². The number of hydrogen-bond acceptors (Lipinski definition) is 4. The Hall–Kier alpha value is -2.15. The van der Waals surface area contributed by atoms with Crippen LogP contribution in [0, 0.1) is 10.1 Å². The van der Waals surface area contributed by atoms with Crippen LogP contribution < -0.4 is 16.4 Å². The van der Waals surface area contributed by atoms with Gasteiger partial charge in [-0.25, -0.2) is 4.79 Å². The smallest absolute Gasteiger partial charge is 0.319 e. The van der Waals surface area contributed by atoms with E-state index in [1.54, 1.807) is 0 Å². The van der Waals surface area contributed by atoms with E-state index in [4.69, 9.17) is 11.5 Å². The summed E-state index contributed by atoms with van der Waals surface area (Å²) in [4.78, 5) is 22.2. The molecule has 0 unspecified atom stereocenters. The first-order valence-corrected chi connectivity index (χ1v) is 4.57. The normalized spacial score (nSPS) is 9.81. The summed E-state index contributed by atoms with van der Waals surface area (Å²) in [6.45, 7) is 0.535. The molecule has 0 saturated carbocycles. The molecule has 86 valence electrons. The molecule has 0 spiro atoms. The van der Waals surface area contributed by atoms with E-state index < -0.39 is 11.0 Å². The van der Waals surface area contributed by atoms with Crippen molar-refractivity contribution in [2.24, 2.45) is 11.5 Å². The van der Waals surface area contributed by atoms with E-state index in [-0.39, 0.29) is 18.8 Å². The van der Waals surface area contributed by atoms with Gasteiger partial charge in [-0.1, -0.05) is 0 Å². The molecule has 1 aromatic rings. The van der Waals surface area contributed by atoms with Crippen LogP contribution in [-0.4, -0.2) is 24.0 Å². The Morgan fingerprint density at radius 1 is 1.38 bits per heavy atom. The van der Waals surface area contributed by atoms with Crippen molar-refractivity contribution in [3.05, 3.63) is 34.4 Å². The van der Waals surface area contributed by atoms with E-state index >= 15 is 0 Å². The quantitative estimate of drug-likeness (QED) is 0.570. The molecule has 0 aliphatic rings. The summed E-state index contributed by atoms with van der Waals surface area (Å²) >= 11 is 0. The molecule has 16 heavy (non-hydrogen) atoms. The Labute approximate surface area is 91.8 Å². The summed E-state index contributed by atoms with van der Waals surface area (Å²) in [7, 11) is 0. The van der Waals surface area contributed by atoms with Gasteiger partial charge in [0.05, 0.1) is 4.92 Å². The Morgan fingerprint density at radius 3 is 2.31 bits per heavy atom. The van der Waals surface area contributed by atoms with E-state index in [9.17, 15) is 14.9 Å². The molecule has 2 amide bonds. The minimum atomic E-state index is -0.640. The van der Waals surface area contributed by atoms with Crippen molar-refractivity contribution in [3.63, 3.8) is 0 Å². The van der Waals surface area contributed by atoms with Crippen molar-refractivity contribution in [3.8, 4) is 0 Å². The van der Waals surface area contributed by atoms with Gasteiger partial charge < -0.3 is 11.5 Å². The van der Waals surface area contributed by atoms with Gasteiger partial charge in [0.15, 0.2) is 0 Å². The lowest BCUT2D eigenvalue weighted by Crippen LogP contribution is -2.39. The molecular formula is C9H12N4O3. The molecule has 0 bridgehead atoms. The fraction of sp³-hybridized carbons (Fsp3) is 0.222. The molecule has 1 aromatic carbocycles. The molecule has 0 saturated heterocycles. The van der Waals surface area contributed by atoms with Crippen LogP contribution in [0.2, 0.25) is 0 Å². The van der Waals surface area contributed by atoms with Gasteiger partial charge in [0.1, 0.15) is 0 Å². The van der Waals surface area contributed by atoms with Crippen molar-refractivity contribution in [2.45, 2.75) is 0 Å². The van der Waals surface area contributed by atoms with Crippen LogP contribution >= 0.6 is 0 Å². The molecule has 0 heterocycles. The van der Waals surface area contributed by atoms with Crippen molar-refractivity contribution in [1.29, 1.82) is 0 Å². The standard InChI is InChI=1S/C9H12N4O3/c10-5-6-12(9(11)14)7-1-3-8(4-2-7)13(15)16/h1-4H,5-6,10H2,(H2,11,14). The summed E-state index contributed by atoms with van der Waals surface area (Å²) in [5.74, 6) is 0. The average Bonchev–Trinajstić information content (AvgIpc) is 2.25. The van der Waals surface area contributed by atoms with Crippen molar-refractivity contribution < 1.29 is 9.72 Å². The Balaban J connectivity index is 2.94. The minimum absolute atomic E-state index is 0.0408. The Bertz CT molecular complexity index is 390. The summed E-state index contributed by atoms with van der Waals surface area (Å²) in [6.07, 6.45) is 0. The molecule has 0 aliphatic heterocycles. The number of nitro groups is 1. The highest BCUT2D eigenvalue weighted by molar-refractivity contribution is 5.90. The molecule has 7 heteroatoms. The molecule has 0 atom stereocenters. The van der Waals surface area contributed by atoms with Crippen LogP contribution in [0.25, 0.3) is 0 Å². The van der Waals surface area contributed by atoms with Gasteiger partial charge in [0, 0.05) is 30.9 Å². The topological polar surface area (TPSA) is 115 Å². The second kappa shape index (κ2) is 5.08. The summed E-state index contributed by atoms with van der Waals surface area (Å²) in [6, 6.07) is 4.89. The van der Waals surface area contributed by atoms with Gasteiger partial charge in [-0.15, -0.1) is 0 Å². The highest BCUT2D eigenvalue weighted by Gasteiger charge is 2.12. The number of nitro benzene ring substituents is 1. The number of amides is 2. The molecule has 0 radical (unpaired) electrons. The minimum Gasteiger partial charge on any atom is -0.351 e. The lowest BCUT2D eigenvalue weighted by molar-refractivity contribution is -0.384. The second-order valence-electron chi connectivity index (χ2n) is 3.05. The van der Waals surface area contributed by atoms with Crippen LogP contribution in [-0.2, 0) is 0 Å². The van der Waals surface area contributed by atoms with Gasteiger partial charge in [0.25, 0.3) is 5.69 Å². The maximum atomic E-state index is 11.1. The molecule has 1 rings (SSSR count). The van der Waals surface area contributed by atoms with Crippen LogP contribution in [0.5, 0.6) is 0 Å². The fourth-order valence-corrected chi connectivity index (χ4v) is 1.25.